The third-order valence-electron chi connectivity index (χ3n) is 1.14. The van der Waals surface area contributed by atoms with Crippen LogP contribution in [0.5, 0.6) is 0 Å². The van der Waals surface area contributed by atoms with Gasteiger partial charge in [-0.05, 0) is 18.0 Å². The van der Waals surface area contributed by atoms with Crippen LogP contribution in [0.2, 0.25) is 0 Å². The van der Waals surface area contributed by atoms with Gasteiger partial charge in [0.15, 0.2) is 0 Å². The molecule has 1 atom stereocenters. The zero-order valence-electron chi connectivity index (χ0n) is 7.43. The van der Waals surface area contributed by atoms with Crippen LogP contribution >= 0.6 is 24.0 Å². The van der Waals surface area contributed by atoms with Crippen molar-refractivity contribution in [1.82, 2.24) is 0 Å². The molecule has 0 bridgehead atoms. The summed E-state index contributed by atoms with van der Waals surface area (Å²) < 4.78 is 4.83. The predicted molar refractivity (Wildman–Crippen MR) is 55.5 cm³/mol. The van der Waals surface area contributed by atoms with Crippen molar-refractivity contribution in [2.45, 2.75) is 19.4 Å². The maximum atomic E-state index is 10.5. The molecule has 14 heavy (non-hydrogen) atoms. The minimum absolute atomic E-state index is 0.0566. The first-order valence-corrected chi connectivity index (χ1v) is 5.14. The molecule has 0 fully saturated rings. The molecule has 0 heterocycles. The van der Waals surface area contributed by atoms with Crippen LogP contribution in [-0.4, -0.2) is 38.4 Å². The Morgan fingerprint density at radius 2 is 2.07 bits per heavy atom. The van der Waals surface area contributed by atoms with Crippen LogP contribution in [0.4, 0.5) is 0 Å². The summed E-state index contributed by atoms with van der Waals surface area (Å²) in [7, 11) is 0. The van der Waals surface area contributed by atoms with Crippen molar-refractivity contribution in [1.29, 1.82) is 0 Å². The molecule has 0 aromatic rings. The summed E-state index contributed by atoms with van der Waals surface area (Å²) >= 11 is 5.84. The molecule has 0 unspecified atom stereocenters. The molecule has 80 valence electrons. The summed E-state index contributed by atoms with van der Waals surface area (Å²) in [5, 5.41) is 17.0. The number of aliphatic carboxylic acids is 2. The lowest BCUT2D eigenvalue weighted by molar-refractivity contribution is -0.151. The van der Waals surface area contributed by atoms with Crippen molar-refractivity contribution in [2.24, 2.45) is 0 Å². The van der Waals surface area contributed by atoms with Crippen molar-refractivity contribution >= 4 is 40.3 Å². The molecule has 2 N–H and O–H groups in total. The number of rotatable bonds is 5. The highest BCUT2D eigenvalue weighted by molar-refractivity contribution is 8.22. The van der Waals surface area contributed by atoms with Crippen molar-refractivity contribution in [3.05, 3.63) is 0 Å². The topological polar surface area (TPSA) is 83.8 Å². The number of carbonyl (C=O) groups is 2. The minimum atomic E-state index is -1.40. The molecular formula is C7H10O5S2. The van der Waals surface area contributed by atoms with E-state index in [0.717, 1.165) is 11.8 Å². The molecule has 0 aliphatic heterocycles. The van der Waals surface area contributed by atoms with E-state index in [-0.39, 0.29) is 4.38 Å². The van der Waals surface area contributed by atoms with Gasteiger partial charge in [0.05, 0.1) is 6.42 Å². The number of thiocarbonyl (C=S) groups is 1. The Morgan fingerprint density at radius 3 is 2.43 bits per heavy atom. The van der Waals surface area contributed by atoms with Gasteiger partial charge in [0, 0.05) is 0 Å². The Bertz CT molecular complexity index is 240. The van der Waals surface area contributed by atoms with Crippen LogP contribution in [0.15, 0.2) is 0 Å². The van der Waals surface area contributed by atoms with Crippen LogP contribution in [-0.2, 0) is 14.3 Å². The Hall–Kier alpha value is -0.820. The highest BCUT2D eigenvalue weighted by atomic mass is 32.2. The standard InChI is InChI=1S/C7H10O5S2/c1-2-14-7(13)12-4(6(10)11)3-5(8)9/h4H,2-3H2,1H3,(H,8,9)(H,10,11)/t4-/m1/s1. The number of thioether (sulfide) groups is 1. The summed E-state index contributed by atoms with van der Waals surface area (Å²) in [5.74, 6) is -1.91. The summed E-state index contributed by atoms with van der Waals surface area (Å²) in [5.41, 5.74) is 0. The molecule has 7 heteroatoms. The Kier molecular flexibility index (Phi) is 6.22. The Morgan fingerprint density at radius 1 is 1.50 bits per heavy atom. The third-order valence-corrected chi connectivity index (χ3v) is 2.21. The first-order chi connectivity index (χ1) is 6.47. The lowest BCUT2D eigenvalue weighted by Gasteiger charge is -2.12. The van der Waals surface area contributed by atoms with E-state index in [4.69, 9.17) is 14.9 Å². The number of carboxylic acid groups (broad SMARTS) is 2. The molecular weight excluding hydrogens is 228 g/mol. The van der Waals surface area contributed by atoms with Crippen LogP contribution in [0, 0.1) is 0 Å². The lowest BCUT2D eigenvalue weighted by atomic mass is 10.2. The molecule has 0 rings (SSSR count). The van der Waals surface area contributed by atoms with Gasteiger partial charge in [-0.3, -0.25) is 4.79 Å². The molecule has 0 spiro atoms. The fourth-order valence-corrected chi connectivity index (χ4v) is 1.50. The van der Waals surface area contributed by atoms with Gasteiger partial charge in [-0.15, -0.1) is 0 Å². The summed E-state index contributed by atoms with van der Waals surface area (Å²) in [4.78, 5) is 20.8. The average molecular weight is 238 g/mol. The molecule has 0 aliphatic rings. The van der Waals surface area contributed by atoms with E-state index in [1.807, 2.05) is 6.92 Å². The van der Waals surface area contributed by atoms with Crippen LogP contribution in [0.1, 0.15) is 13.3 Å². The van der Waals surface area contributed by atoms with E-state index in [1.165, 1.54) is 0 Å². The number of carboxylic acids is 2. The van der Waals surface area contributed by atoms with Gasteiger partial charge in [-0.1, -0.05) is 18.7 Å². The number of ether oxygens (including phenoxy) is 1. The first kappa shape index (κ1) is 13.2. The first-order valence-electron chi connectivity index (χ1n) is 3.75. The highest BCUT2D eigenvalue weighted by Gasteiger charge is 2.23. The minimum Gasteiger partial charge on any atom is -0.481 e. The Labute approximate surface area is 90.4 Å². The van der Waals surface area contributed by atoms with Crippen molar-refractivity contribution in [3.63, 3.8) is 0 Å². The highest BCUT2D eigenvalue weighted by Crippen LogP contribution is 2.10. The van der Waals surface area contributed by atoms with Gasteiger partial charge in [-0.2, -0.15) is 0 Å². The average Bonchev–Trinajstić information content (AvgIpc) is 2.02. The third kappa shape index (κ3) is 5.76. The molecule has 0 saturated carbocycles. The predicted octanol–water partition coefficient (Wildman–Crippen LogP) is 0.969. The zero-order chi connectivity index (χ0) is 11.1. The van der Waals surface area contributed by atoms with E-state index < -0.39 is 24.5 Å². The van der Waals surface area contributed by atoms with Crippen LogP contribution in [0.3, 0.4) is 0 Å². The zero-order valence-corrected chi connectivity index (χ0v) is 9.06. The van der Waals surface area contributed by atoms with Gasteiger partial charge in [0.25, 0.3) is 0 Å². The molecule has 0 aliphatic carbocycles. The van der Waals surface area contributed by atoms with Crippen LogP contribution in [0.25, 0.3) is 0 Å². The van der Waals surface area contributed by atoms with Gasteiger partial charge < -0.3 is 14.9 Å². The quantitative estimate of drug-likeness (QED) is 0.690. The number of hydrogen-bond acceptors (Lipinski definition) is 5. The fraction of sp³-hybridized carbons (Fsp3) is 0.571. The second-order valence-electron chi connectivity index (χ2n) is 2.23. The van der Waals surface area contributed by atoms with E-state index in [0.29, 0.717) is 5.75 Å². The number of hydrogen-bond donors (Lipinski definition) is 2. The molecule has 5 nitrogen and oxygen atoms in total. The van der Waals surface area contributed by atoms with Crippen molar-refractivity contribution < 1.29 is 24.5 Å². The monoisotopic (exact) mass is 238 g/mol. The molecule has 0 saturated heterocycles. The fourth-order valence-electron chi connectivity index (χ4n) is 0.606. The maximum Gasteiger partial charge on any atom is 0.345 e. The Balaban J connectivity index is 4.16. The largest absolute Gasteiger partial charge is 0.481 e. The lowest BCUT2D eigenvalue weighted by Crippen LogP contribution is -2.28. The molecule has 0 aromatic heterocycles. The summed E-state index contributed by atoms with van der Waals surface area (Å²) in [6, 6.07) is 0. The molecule has 0 amide bonds. The molecule has 0 aromatic carbocycles. The smallest absolute Gasteiger partial charge is 0.345 e. The van der Waals surface area contributed by atoms with Crippen molar-refractivity contribution in [3.8, 4) is 0 Å². The van der Waals surface area contributed by atoms with E-state index in [2.05, 4.69) is 12.2 Å². The van der Waals surface area contributed by atoms with Gasteiger partial charge in [0.2, 0.25) is 10.5 Å². The normalized spacial score (nSPS) is 11.8. The second-order valence-corrected chi connectivity index (χ2v) is 4.09. The SMILES string of the molecule is CCSC(=S)O[C@H](CC(=O)O)C(=O)O. The molecule has 0 radical (unpaired) electrons. The summed E-state index contributed by atoms with van der Waals surface area (Å²) in [6.45, 7) is 1.83. The van der Waals surface area contributed by atoms with E-state index in [9.17, 15) is 9.59 Å². The van der Waals surface area contributed by atoms with Gasteiger partial charge in [-0.25, -0.2) is 4.79 Å². The van der Waals surface area contributed by atoms with Crippen LogP contribution < -0.4 is 0 Å². The van der Waals surface area contributed by atoms with Gasteiger partial charge in [0.1, 0.15) is 0 Å². The van der Waals surface area contributed by atoms with E-state index >= 15 is 0 Å². The van der Waals surface area contributed by atoms with Crippen molar-refractivity contribution in [2.75, 3.05) is 5.75 Å². The van der Waals surface area contributed by atoms with E-state index in [1.54, 1.807) is 0 Å². The summed E-state index contributed by atoms with van der Waals surface area (Å²) in [6.07, 6.45) is -2.00. The van der Waals surface area contributed by atoms with Gasteiger partial charge >= 0.3 is 11.9 Å². The maximum absolute atomic E-state index is 10.5. The second kappa shape index (κ2) is 6.61.